The Labute approximate surface area is 242 Å². The first-order chi connectivity index (χ1) is 20.1. The fourth-order valence-electron chi connectivity index (χ4n) is 4.76. The number of ether oxygens (including phenoxy) is 5. The van der Waals surface area contributed by atoms with Crippen molar-refractivity contribution in [2.75, 3.05) is 90.5 Å². The molecule has 1 saturated heterocycles. The Morgan fingerprint density at radius 3 is 2.20 bits per heavy atom. The molecule has 1 aliphatic carbocycles. The van der Waals surface area contributed by atoms with Crippen LogP contribution in [0.25, 0.3) is 22.3 Å². The number of hydrogen-bond acceptors (Lipinski definition) is 10. The number of aromatic nitrogens is 4. The van der Waals surface area contributed by atoms with E-state index in [4.69, 9.17) is 23.7 Å². The fraction of sp³-hybridized carbons (Fsp3) is 0.633. The maximum Gasteiger partial charge on any atom is 0.132 e. The van der Waals surface area contributed by atoms with Crippen LogP contribution in [-0.4, -0.2) is 116 Å². The average molecular weight is 569 g/mol. The standard InChI is InChI=1S/C30H44N6O5/c1-3-13-37-15-17-39-19-20-40-18-16-38-14-12-35-8-10-36(11-9-35)28-22-27(31-23-32-28)29-25-21-24(41-30(2)6-7-30)4-5-26(25)33-34-29/h4-5,21-23H,3,6-20H2,1-2H3,(H,33,34). The van der Waals surface area contributed by atoms with Crippen molar-refractivity contribution in [3.05, 3.63) is 30.6 Å². The molecular formula is C30H44N6O5. The Bertz CT molecular complexity index is 1210. The Morgan fingerprint density at radius 1 is 0.829 bits per heavy atom. The number of benzene rings is 1. The van der Waals surface area contributed by atoms with Crippen molar-refractivity contribution in [1.82, 2.24) is 25.1 Å². The van der Waals surface area contributed by atoms with Crippen molar-refractivity contribution in [1.29, 1.82) is 0 Å². The summed E-state index contributed by atoms with van der Waals surface area (Å²) in [5.41, 5.74) is 2.57. The van der Waals surface area contributed by atoms with Crippen molar-refractivity contribution in [2.24, 2.45) is 0 Å². The maximum absolute atomic E-state index is 6.18. The molecule has 0 atom stereocenters. The summed E-state index contributed by atoms with van der Waals surface area (Å²) in [5.74, 6) is 1.80. The summed E-state index contributed by atoms with van der Waals surface area (Å²) in [7, 11) is 0. The van der Waals surface area contributed by atoms with Crippen LogP contribution in [0.5, 0.6) is 5.75 Å². The summed E-state index contributed by atoms with van der Waals surface area (Å²) in [5, 5.41) is 8.71. The molecule has 5 rings (SSSR count). The second kappa shape index (κ2) is 14.9. The van der Waals surface area contributed by atoms with E-state index in [1.807, 2.05) is 18.2 Å². The van der Waals surface area contributed by atoms with E-state index >= 15 is 0 Å². The minimum Gasteiger partial charge on any atom is -0.488 e. The Kier molecular flexibility index (Phi) is 10.8. The molecule has 0 amide bonds. The smallest absolute Gasteiger partial charge is 0.132 e. The lowest BCUT2D eigenvalue weighted by Crippen LogP contribution is -2.47. The molecule has 2 aromatic heterocycles. The number of piperazine rings is 1. The zero-order valence-corrected chi connectivity index (χ0v) is 24.5. The normalized spacial score (nSPS) is 16.9. The summed E-state index contributed by atoms with van der Waals surface area (Å²) in [6.45, 7) is 14.0. The summed E-state index contributed by atoms with van der Waals surface area (Å²) >= 11 is 0. The average Bonchev–Trinajstić information content (AvgIpc) is 3.57. The molecule has 3 heterocycles. The van der Waals surface area contributed by atoms with Gasteiger partial charge in [-0.25, -0.2) is 9.97 Å². The highest BCUT2D eigenvalue weighted by Gasteiger charge is 2.40. The molecule has 0 radical (unpaired) electrons. The van der Waals surface area contributed by atoms with Crippen LogP contribution in [0, 0.1) is 0 Å². The van der Waals surface area contributed by atoms with Gasteiger partial charge >= 0.3 is 0 Å². The first kappa shape index (κ1) is 29.7. The van der Waals surface area contributed by atoms with E-state index in [0.29, 0.717) is 46.2 Å². The highest BCUT2D eigenvalue weighted by Crippen LogP contribution is 2.40. The quantitative estimate of drug-likeness (QED) is 0.229. The number of nitrogens with zero attached hydrogens (tertiary/aromatic N) is 5. The van der Waals surface area contributed by atoms with Crippen LogP contribution < -0.4 is 9.64 Å². The second-order valence-electron chi connectivity index (χ2n) is 10.9. The Hall–Kier alpha value is -2.83. The molecule has 2 fully saturated rings. The molecule has 224 valence electrons. The van der Waals surface area contributed by atoms with Gasteiger partial charge in [0.1, 0.15) is 29.2 Å². The van der Waals surface area contributed by atoms with Gasteiger partial charge in [-0.3, -0.25) is 10.00 Å². The van der Waals surface area contributed by atoms with Crippen molar-refractivity contribution in [3.63, 3.8) is 0 Å². The highest BCUT2D eigenvalue weighted by atomic mass is 16.6. The molecule has 11 heteroatoms. The number of nitrogens with one attached hydrogen (secondary N) is 1. The monoisotopic (exact) mass is 568 g/mol. The summed E-state index contributed by atoms with van der Waals surface area (Å²) in [6.07, 6.45) is 4.86. The van der Waals surface area contributed by atoms with Crippen LogP contribution in [-0.2, 0) is 18.9 Å². The summed E-state index contributed by atoms with van der Waals surface area (Å²) in [4.78, 5) is 13.9. The predicted octanol–water partition coefficient (Wildman–Crippen LogP) is 3.55. The number of fused-ring (bicyclic) bond motifs is 1. The van der Waals surface area contributed by atoms with E-state index in [9.17, 15) is 0 Å². The van der Waals surface area contributed by atoms with E-state index in [1.54, 1.807) is 6.33 Å². The summed E-state index contributed by atoms with van der Waals surface area (Å²) in [6, 6.07) is 8.12. The van der Waals surface area contributed by atoms with Gasteiger partial charge in [0.25, 0.3) is 0 Å². The first-order valence-corrected chi connectivity index (χ1v) is 14.9. The SMILES string of the molecule is CCCOCCOCCOCCOCCN1CCN(c2cc(-c3n[nH]c4ccc(OC5(C)CC5)cc34)ncn2)CC1. The Morgan fingerprint density at radius 2 is 1.51 bits per heavy atom. The van der Waals surface area contributed by atoms with Crippen molar-refractivity contribution in [2.45, 2.75) is 38.7 Å². The number of aromatic amines is 1. The van der Waals surface area contributed by atoms with Crippen LogP contribution >= 0.6 is 0 Å². The number of H-pyrrole nitrogens is 1. The second-order valence-corrected chi connectivity index (χ2v) is 10.9. The van der Waals surface area contributed by atoms with Crippen LogP contribution in [0.15, 0.2) is 30.6 Å². The van der Waals surface area contributed by atoms with Gasteiger partial charge in [0, 0.05) is 50.8 Å². The number of anilines is 1. The van der Waals surface area contributed by atoms with Gasteiger partial charge in [0.15, 0.2) is 0 Å². The lowest BCUT2D eigenvalue weighted by Gasteiger charge is -2.35. The lowest BCUT2D eigenvalue weighted by molar-refractivity contribution is -0.00389. The van der Waals surface area contributed by atoms with Crippen molar-refractivity contribution < 1.29 is 23.7 Å². The molecule has 3 aromatic rings. The van der Waals surface area contributed by atoms with Gasteiger partial charge < -0.3 is 28.6 Å². The fourth-order valence-corrected chi connectivity index (χ4v) is 4.76. The molecular weight excluding hydrogens is 524 g/mol. The van der Waals surface area contributed by atoms with Crippen molar-refractivity contribution in [3.8, 4) is 17.1 Å². The van der Waals surface area contributed by atoms with Gasteiger partial charge in [-0.1, -0.05) is 6.92 Å². The molecule has 41 heavy (non-hydrogen) atoms. The van der Waals surface area contributed by atoms with Gasteiger partial charge in [0.2, 0.25) is 0 Å². The molecule has 0 bridgehead atoms. The minimum absolute atomic E-state index is 0.0262. The van der Waals surface area contributed by atoms with Crippen LogP contribution in [0.2, 0.25) is 0 Å². The predicted molar refractivity (Wildman–Crippen MR) is 158 cm³/mol. The first-order valence-electron chi connectivity index (χ1n) is 14.9. The maximum atomic E-state index is 6.18. The molecule has 2 aliphatic rings. The van der Waals surface area contributed by atoms with Gasteiger partial charge in [-0.2, -0.15) is 5.10 Å². The third-order valence-corrected chi connectivity index (χ3v) is 7.46. The van der Waals surface area contributed by atoms with Gasteiger partial charge in [-0.05, 0) is 44.4 Å². The zero-order chi connectivity index (χ0) is 28.3. The molecule has 11 nitrogen and oxygen atoms in total. The lowest BCUT2D eigenvalue weighted by atomic mass is 10.1. The molecule has 1 N–H and O–H groups in total. The van der Waals surface area contributed by atoms with Gasteiger partial charge in [0.05, 0.1) is 57.5 Å². The Balaban J connectivity index is 1.00. The van der Waals surface area contributed by atoms with Crippen LogP contribution in [0.4, 0.5) is 5.82 Å². The summed E-state index contributed by atoms with van der Waals surface area (Å²) < 4.78 is 28.4. The number of rotatable bonds is 18. The topological polar surface area (TPSA) is 107 Å². The van der Waals surface area contributed by atoms with E-state index in [0.717, 1.165) is 92.5 Å². The van der Waals surface area contributed by atoms with Crippen molar-refractivity contribution >= 4 is 16.7 Å². The largest absolute Gasteiger partial charge is 0.488 e. The van der Waals surface area contributed by atoms with E-state index in [-0.39, 0.29) is 5.60 Å². The third-order valence-electron chi connectivity index (χ3n) is 7.46. The van der Waals surface area contributed by atoms with E-state index in [1.165, 1.54) is 0 Å². The van der Waals surface area contributed by atoms with Crippen LogP contribution in [0.1, 0.15) is 33.1 Å². The molecule has 1 saturated carbocycles. The van der Waals surface area contributed by atoms with E-state index in [2.05, 4.69) is 49.9 Å². The molecule has 1 aromatic carbocycles. The van der Waals surface area contributed by atoms with Crippen LogP contribution in [0.3, 0.4) is 0 Å². The third kappa shape index (κ3) is 8.83. The van der Waals surface area contributed by atoms with E-state index < -0.39 is 0 Å². The minimum atomic E-state index is -0.0262. The molecule has 0 unspecified atom stereocenters. The molecule has 1 aliphatic heterocycles. The zero-order valence-electron chi connectivity index (χ0n) is 24.5. The number of hydrogen-bond donors (Lipinski definition) is 1. The molecule has 0 spiro atoms. The van der Waals surface area contributed by atoms with Gasteiger partial charge in [-0.15, -0.1) is 0 Å². The highest BCUT2D eigenvalue weighted by molar-refractivity contribution is 5.93.